The van der Waals surface area contributed by atoms with E-state index in [1.54, 1.807) is 0 Å². The third-order valence-electron chi connectivity index (χ3n) is 4.90. The van der Waals surface area contributed by atoms with Crippen LogP contribution in [0.3, 0.4) is 0 Å². The molecule has 3 rings (SSSR count). The smallest absolute Gasteiger partial charge is 0.241 e. The molecule has 0 amide bonds. The van der Waals surface area contributed by atoms with Gasteiger partial charge in [0.1, 0.15) is 5.82 Å². The van der Waals surface area contributed by atoms with Gasteiger partial charge in [0.05, 0.1) is 18.9 Å². The van der Waals surface area contributed by atoms with Crippen molar-refractivity contribution in [2.75, 3.05) is 22.9 Å². The summed E-state index contributed by atoms with van der Waals surface area (Å²) in [5.41, 5.74) is 2.20. The van der Waals surface area contributed by atoms with Gasteiger partial charge in [0, 0.05) is 18.1 Å². The van der Waals surface area contributed by atoms with Gasteiger partial charge in [-0.2, -0.15) is 15.0 Å². The number of H-pyrrole nitrogens is 1. The molecule has 4 N–H and O–H groups in total. The number of nitrogens with zero attached hydrogens (tertiary/aromatic N) is 3. The molecule has 2 aromatic heterocycles. The molecule has 0 radical (unpaired) electrons. The van der Waals surface area contributed by atoms with Crippen molar-refractivity contribution in [3.63, 3.8) is 0 Å². The van der Waals surface area contributed by atoms with E-state index in [1.807, 2.05) is 18.3 Å². The summed E-state index contributed by atoms with van der Waals surface area (Å²) in [4.78, 5) is 16.2. The standard InChI is InChI=1S/C21H30N6O3S/c1-13(2)9-17(12-28)23-20-24-19(25-21(26-20)27-31(4,29)30)10-14(3)15-5-6-18-16(11-15)7-8-22-18/h5-8,11,13-14,17,22,28H,9-10,12H2,1-4H3,(H2,23,24,25,26,27). The third-order valence-corrected chi connectivity index (χ3v) is 5.46. The molecule has 0 aliphatic rings. The van der Waals surface area contributed by atoms with Gasteiger partial charge in [-0.25, -0.2) is 8.42 Å². The van der Waals surface area contributed by atoms with Gasteiger partial charge in [-0.1, -0.05) is 26.8 Å². The second kappa shape index (κ2) is 9.61. The monoisotopic (exact) mass is 446 g/mol. The third kappa shape index (κ3) is 6.63. The van der Waals surface area contributed by atoms with Crippen LogP contribution in [-0.2, 0) is 16.4 Å². The maximum Gasteiger partial charge on any atom is 0.241 e. The van der Waals surface area contributed by atoms with Crippen LogP contribution < -0.4 is 10.0 Å². The largest absolute Gasteiger partial charge is 0.394 e. The SMILES string of the molecule is CC(C)CC(CO)Nc1nc(CC(C)c2ccc3[nH]ccc3c2)nc(NS(C)(=O)=O)n1. The Morgan fingerprint density at radius 1 is 1.10 bits per heavy atom. The number of aliphatic hydroxyl groups is 1. The summed E-state index contributed by atoms with van der Waals surface area (Å²) in [5, 5.41) is 13.9. The van der Waals surface area contributed by atoms with Crippen LogP contribution in [0.15, 0.2) is 30.5 Å². The predicted molar refractivity (Wildman–Crippen MR) is 123 cm³/mol. The van der Waals surface area contributed by atoms with Gasteiger partial charge in [0.15, 0.2) is 0 Å². The zero-order chi connectivity index (χ0) is 22.6. The van der Waals surface area contributed by atoms with Gasteiger partial charge in [-0.3, -0.25) is 4.72 Å². The molecule has 0 spiro atoms. The van der Waals surface area contributed by atoms with Crippen molar-refractivity contribution in [3.8, 4) is 0 Å². The minimum absolute atomic E-state index is 0.0375. The number of aromatic nitrogens is 4. The fraction of sp³-hybridized carbons (Fsp3) is 0.476. The lowest BCUT2D eigenvalue weighted by Crippen LogP contribution is -2.27. The minimum Gasteiger partial charge on any atom is -0.394 e. The summed E-state index contributed by atoms with van der Waals surface area (Å²) in [5.74, 6) is 1.13. The molecule has 168 valence electrons. The Bertz CT molecular complexity index is 1130. The molecule has 0 bridgehead atoms. The normalized spacial score (nSPS) is 14.0. The average Bonchev–Trinajstić information content (AvgIpc) is 3.13. The van der Waals surface area contributed by atoms with E-state index in [1.165, 1.54) is 0 Å². The molecule has 3 aromatic rings. The topological polar surface area (TPSA) is 133 Å². The van der Waals surface area contributed by atoms with Gasteiger partial charge in [0.2, 0.25) is 21.9 Å². The van der Waals surface area contributed by atoms with E-state index in [2.05, 4.69) is 62.9 Å². The number of rotatable bonds is 10. The van der Waals surface area contributed by atoms with Gasteiger partial charge in [0.25, 0.3) is 0 Å². The molecule has 2 atom stereocenters. The van der Waals surface area contributed by atoms with E-state index in [4.69, 9.17) is 0 Å². The lowest BCUT2D eigenvalue weighted by molar-refractivity contribution is 0.259. The zero-order valence-corrected chi connectivity index (χ0v) is 19.1. The Labute approximate surface area is 182 Å². The summed E-state index contributed by atoms with van der Waals surface area (Å²) < 4.78 is 25.8. The maximum atomic E-state index is 11.7. The molecule has 31 heavy (non-hydrogen) atoms. The van der Waals surface area contributed by atoms with E-state index in [0.29, 0.717) is 18.2 Å². The summed E-state index contributed by atoms with van der Waals surface area (Å²) in [6.07, 6.45) is 4.17. The number of aliphatic hydroxyl groups excluding tert-OH is 1. The highest BCUT2D eigenvalue weighted by Gasteiger charge is 2.17. The number of nitrogens with one attached hydrogen (secondary N) is 3. The van der Waals surface area contributed by atoms with Crippen LogP contribution in [0.4, 0.5) is 11.9 Å². The second-order valence-corrected chi connectivity index (χ2v) is 10.1. The van der Waals surface area contributed by atoms with Crippen LogP contribution >= 0.6 is 0 Å². The van der Waals surface area contributed by atoms with Crippen LogP contribution in [0.25, 0.3) is 10.9 Å². The first kappa shape index (κ1) is 23.0. The molecule has 0 fully saturated rings. The van der Waals surface area contributed by atoms with E-state index < -0.39 is 10.0 Å². The summed E-state index contributed by atoms with van der Waals surface area (Å²) in [6, 6.07) is 8.00. The molecular weight excluding hydrogens is 416 g/mol. The van der Waals surface area contributed by atoms with Crippen LogP contribution in [0, 0.1) is 5.92 Å². The zero-order valence-electron chi connectivity index (χ0n) is 18.3. The van der Waals surface area contributed by atoms with Gasteiger partial charge >= 0.3 is 0 Å². The summed E-state index contributed by atoms with van der Waals surface area (Å²) in [6.45, 7) is 6.11. The fourth-order valence-corrected chi connectivity index (χ4v) is 3.91. The number of fused-ring (bicyclic) bond motifs is 1. The quantitative estimate of drug-likeness (QED) is 0.376. The van der Waals surface area contributed by atoms with E-state index in [-0.39, 0.29) is 30.5 Å². The van der Waals surface area contributed by atoms with Crippen molar-refractivity contribution in [3.05, 3.63) is 41.9 Å². The fourth-order valence-electron chi connectivity index (χ4n) is 3.49. The Balaban J connectivity index is 1.86. The number of sulfonamides is 1. The number of aromatic amines is 1. The number of anilines is 2. The maximum absolute atomic E-state index is 11.7. The number of benzene rings is 1. The number of hydrogen-bond donors (Lipinski definition) is 4. The van der Waals surface area contributed by atoms with Crippen molar-refractivity contribution in [2.24, 2.45) is 5.92 Å². The highest BCUT2D eigenvalue weighted by Crippen LogP contribution is 2.24. The first-order valence-corrected chi connectivity index (χ1v) is 12.2. The van der Waals surface area contributed by atoms with E-state index in [0.717, 1.165) is 29.1 Å². The highest BCUT2D eigenvalue weighted by atomic mass is 32.2. The van der Waals surface area contributed by atoms with E-state index >= 15 is 0 Å². The Morgan fingerprint density at radius 2 is 1.84 bits per heavy atom. The molecule has 0 saturated carbocycles. The van der Waals surface area contributed by atoms with Gasteiger partial charge in [-0.05, 0) is 47.4 Å². The van der Waals surface area contributed by atoms with Crippen LogP contribution in [-0.4, -0.2) is 52.4 Å². The minimum atomic E-state index is -3.55. The van der Waals surface area contributed by atoms with Crippen LogP contribution in [0.2, 0.25) is 0 Å². The molecule has 0 aliphatic heterocycles. The predicted octanol–water partition coefficient (Wildman–Crippen LogP) is 2.89. The molecule has 0 saturated heterocycles. The van der Waals surface area contributed by atoms with Crippen LogP contribution in [0.1, 0.15) is 44.5 Å². The van der Waals surface area contributed by atoms with Crippen LogP contribution in [0.5, 0.6) is 0 Å². The van der Waals surface area contributed by atoms with Crippen molar-refractivity contribution in [1.29, 1.82) is 0 Å². The molecule has 2 heterocycles. The van der Waals surface area contributed by atoms with Crippen molar-refractivity contribution < 1.29 is 13.5 Å². The Kier molecular flexibility index (Phi) is 7.11. The average molecular weight is 447 g/mol. The lowest BCUT2D eigenvalue weighted by Gasteiger charge is -2.19. The lowest BCUT2D eigenvalue weighted by atomic mass is 9.96. The second-order valence-electron chi connectivity index (χ2n) is 8.36. The molecule has 10 heteroatoms. The first-order chi connectivity index (χ1) is 14.6. The molecule has 0 aliphatic carbocycles. The van der Waals surface area contributed by atoms with Gasteiger partial charge < -0.3 is 15.4 Å². The number of hydrogen-bond acceptors (Lipinski definition) is 7. The van der Waals surface area contributed by atoms with E-state index in [9.17, 15) is 13.5 Å². The van der Waals surface area contributed by atoms with Crippen molar-refractivity contribution in [2.45, 2.75) is 45.6 Å². The first-order valence-electron chi connectivity index (χ1n) is 10.3. The summed E-state index contributed by atoms with van der Waals surface area (Å²) in [7, 11) is -3.55. The Hall–Kier alpha value is -2.72. The molecule has 2 unspecified atom stereocenters. The highest BCUT2D eigenvalue weighted by molar-refractivity contribution is 7.91. The molecule has 1 aromatic carbocycles. The summed E-state index contributed by atoms with van der Waals surface area (Å²) >= 11 is 0. The Morgan fingerprint density at radius 3 is 2.52 bits per heavy atom. The van der Waals surface area contributed by atoms with Crippen molar-refractivity contribution in [1.82, 2.24) is 19.9 Å². The molecular formula is C21H30N6O3S. The molecule has 9 nitrogen and oxygen atoms in total. The van der Waals surface area contributed by atoms with Gasteiger partial charge in [-0.15, -0.1) is 0 Å². The van der Waals surface area contributed by atoms with Crippen molar-refractivity contribution >= 4 is 32.8 Å².